The van der Waals surface area contributed by atoms with Gasteiger partial charge in [-0.05, 0) is 30.7 Å². The van der Waals surface area contributed by atoms with Crippen molar-refractivity contribution in [2.75, 3.05) is 13.7 Å². The lowest BCUT2D eigenvalue weighted by molar-refractivity contribution is 0.0505. The predicted molar refractivity (Wildman–Crippen MR) is 78.0 cm³/mol. The Balaban J connectivity index is 2.25. The average molecular weight is 303 g/mol. The molecule has 116 valence electrons. The van der Waals surface area contributed by atoms with Gasteiger partial charge in [-0.1, -0.05) is 12.1 Å². The summed E-state index contributed by atoms with van der Waals surface area (Å²) in [5.74, 6) is -0.363. The lowest BCUT2D eigenvalue weighted by atomic mass is 10.2. The van der Waals surface area contributed by atoms with Gasteiger partial charge >= 0.3 is 5.97 Å². The van der Waals surface area contributed by atoms with Crippen molar-refractivity contribution < 1.29 is 19.1 Å². The predicted octanol–water partition coefficient (Wildman–Crippen LogP) is 1.79. The van der Waals surface area contributed by atoms with E-state index < -0.39 is 0 Å². The molecule has 0 spiro atoms. The van der Waals surface area contributed by atoms with E-state index in [1.807, 2.05) is 6.92 Å². The van der Waals surface area contributed by atoms with Crippen molar-refractivity contribution in [3.05, 3.63) is 41.2 Å². The van der Waals surface area contributed by atoms with Crippen LogP contribution in [0.25, 0.3) is 5.69 Å². The molecule has 1 aromatic carbocycles. The third kappa shape index (κ3) is 3.37. The lowest BCUT2D eigenvalue weighted by Gasteiger charge is -2.07. The molecule has 2 aromatic rings. The van der Waals surface area contributed by atoms with E-state index in [0.29, 0.717) is 29.8 Å². The molecule has 0 aliphatic carbocycles. The number of carbonyl (C=O) groups excluding carboxylic acids is 2. The van der Waals surface area contributed by atoms with E-state index in [0.717, 1.165) is 6.42 Å². The maximum absolute atomic E-state index is 11.7. The maximum atomic E-state index is 11.7. The van der Waals surface area contributed by atoms with Crippen molar-refractivity contribution in [1.82, 2.24) is 15.0 Å². The number of methoxy groups -OCH3 is 1. The monoisotopic (exact) mass is 303 g/mol. The molecule has 0 fully saturated rings. The first-order valence-corrected chi connectivity index (χ1v) is 6.87. The first-order chi connectivity index (χ1) is 10.7. The standard InChI is InChI=1S/C15H17N3O4/c1-3-8-22-15(20)11-4-6-12(7-5-11)18-14(10-21-2)13(9-19)16-17-18/h4-7,9H,3,8,10H2,1-2H3. The summed E-state index contributed by atoms with van der Waals surface area (Å²) in [6, 6.07) is 6.72. The molecule has 0 aliphatic heterocycles. The summed E-state index contributed by atoms with van der Waals surface area (Å²) in [6.07, 6.45) is 1.41. The van der Waals surface area contributed by atoms with Gasteiger partial charge in [0.1, 0.15) is 5.69 Å². The van der Waals surface area contributed by atoms with E-state index in [2.05, 4.69) is 10.3 Å². The van der Waals surface area contributed by atoms with Crippen molar-refractivity contribution in [2.45, 2.75) is 20.0 Å². The number of hydrogen-bond acceptors (Lipinski definition) is 6. The van der Waals surface area contributed by atoms with Crippen LogP contribution in [0.5, 0.6) is 0 Å². The van der Waals surface area contributed by atoms with Crippen molar-refractivity contribution in [1.29, 1.82) is 0 Å². The zero-order valence-corrected chi connectivity index (χ0v) is 12.5. The highest BCUT2D eigenvalue weighted by Crippen LogP contribution is 2.14. The summed E-state index contributed by atoms with van der Waals surface area (Å²) in [4.78, 5) is 22.7. The third-order valence-corrected chi connectivity index (χ3v) is 2.97. The number of carbonyl (C=O) groups is 2. The SMILES string of the molecule is CCCOC(=O)c1ccc(-n2nnc(C=O)c2COC)cc1. The van der Waals surface area contributed by atoms with Crippen molar-refractivity contribution in [2.24, 2.45) is 0 Å². The highest BCUT2D eigenvalue weighted by atomic mass is 16.5. The minimum Gasteiger partial charge on any atom is -0.462 e. The van der Waals surface area contributed by atoms with Crippen LogP contribution in [0.2, 0.25) is 0 Å². The van der Waals surface area contributed by atoms with Crippen molar-refractivity contribution >= 4 is 12.3 Å². The Bertz CT molecular complexity index is 649. The fraction of sp³-hybridized carbons (Fsp3) is 0.333. The van der Waals surface area contributed by atoms with Crippen LogP contribution in [0.4, 0.5) is 0 Å². The zero-order valence-electron chi connectivity index (χ0n) is 12.5. The van der Waals surface area contributed by atoms with Gasteiger partial charge in [-0.15, -0.1) is 5.10 Å². The summed E-state index contributed by atoms with van der Waals surface area (Å²) in [7, 11) is 1.53. The molecule has 2 rings (SSSR count). The molecule has 0 atom stereocenters. The minimum atomic E-state index is -0.363. The number of hydrogen-bond donors (Lipinski definition) is 0. The van der Waals surface area contributed by atoms with Gasteiger partial charge in [-0.3, -0.25) is 4.79 Å². The van der Waals surface area contributed by atoms with Gasteiger partial charge in [-0.25, -0.2) is 9.48 Å². The number of aldehydes is 1. The molecule has 0 aliphatic rings. The first-order valence-electron chi connectivity index (χ1n) is 6.87. The molecular formula is C15H17N3O4. The Kier molecular flexibility index (Phi) is 5.37. The Labute approximate surface area is 127 Å². The number of nitrogens with zero attached hydrogens (tertiary/aromatic N) is 3. The summed E-state index contributed by atoms with van der Waals surface area (Å²) in [5.41, 5.74) is 1.92. The normalized spacial score (nSPS) is 10.5. The summed E-state index contributed by atoms with van der Waals surface area (Å²) < 4.78 is 11.6. The largest absolute Gasteiger partial charge is 0.462 e. The lowest BCUT2D eigenvalue weighted by Crippen LogP contribution is -2.08. The maximum Gasteiger partial charge on any atom is 0.338 e. The molecule has 0 N–H and O–H groups in total. The van der Waals surface area contributed by atoms with Crippen LogP contribution in [-0.4, -0.2) is 41.0 Å². The molecule has 0 radical (unpaired) electrons. The van der Waals surface area contributed by atoms with Crippen LogP contribution in [0.1, 0.15) is 39.9 Å². The van der Waals surface area contributed by atoms with Crippen molar-refractivity contribution in [3.63, 3.8) is 0 Å². The van der Waals surface area contributed by atoms with E-state index >= 15 is 0 Å². The van der Waals surface area contributed by atoms with E-state index in [-0.39, 0.29) is 18.3 Å². The fourth-order valence-electron chi connectivity index (χ4n) is 1.90. The molecule has 0 amide bonds. The number of ether oxygens (including phenoxy) is 2. The number of aromatic nitrogens is 3. The van der Waals surface area contributed by atoms with E-state index in [9.17, 15) is 9.59 Å². The summed E-state index contributed by atoms with van der Waals surface area (Å²) in [5, 5.41) is 7.74. The molecule has 1 aromatic heterocycles. The molecule has 0 unspecified atom stereocenters. The highest BCUT2D eigenvalue weighted by Gasteiger charge is 2.14. The zero-order chi connectivity index (χ0) is 15.9. The highest BCUT2D eigenvalue weighted by molar-refractivity contribution is 5.89. The van der Waals surface area contributed by atoms with Crippen LogP contribution in [-0.2, 0) is 16.1 Å². The van der Waals surface area contributed by atoms with Crippen LogP contribution >= 0.6 is 0 Å². The Morgan fingerprint density at radius 2 is 2.05 bits per heavy atom. The quantitative estimate of drug-likeness (QED) is 0.573. The van der Waals surface area contributed by atoms with Crippen LogP contribution < -0.4 is 0 Å². The molecular weight excluding hydrogens is 286 g/mol. The average Bonchev–Trinajstić information content (AvgIpc) is 2.96. The molecule has 22 heavy (non-hydrogen) atoms. The Morgan fingerprint density at radius 1 is 1.32 bits per heavy atom. The second-order valence-corrected chi connectivity index (χ2v) is 4.57. The number of rotatable bonds is 7. The van der Waals surface area contributed by atoms with Gasteiger partial charge in [0.05, 0.1) is 24.5 Å². The van der Waals surface area contributed by atoms with Gasteiger partial charge in [0.25, 0.3) is 0 Å². The van der Waals surface area contributed by atoms with Crippen LogP contribution in [0, 0.1) is 0 Å². The van der Waals surface area contributed by atoms with E-state index in [1.165, 1.54) is 11.8 Å². The van der Waals surface area contributed by atoms with Gasteiger partial charge in [0.2, 0.25) is 0 Å². The fourth-order valence-corrected chi connectivity index (χ4v) is 1.90. The molecule has 7 nitrogen and oxygen atoms in total. The van der Waals surface area contributed by atoms with Crippen LogP contribution in [0.3, 0.4) is 0 Å². The van der Waals surface area contributed by atoms with Crippen molar-refractivity contribution in [3.8, 4) is 5.69 Å². The van der Waals surface area contributed by atoms with Gasteiger partial charge in [0, 0.05) is 7.11 Å². The third-order valence-electron chi connectivity index (χ3n) is 2.97. The molecule has 7 heteroatoms. The van der Waals surface area contributed by atoms with Gasteiger partial charge in [-0.2, -0.15) is 0 Å². The number of esters is 1. The second-order valence-electron chi connectivity index (χ2n) is 4.57. The Morgan fingerprint density at radius 3 is 2.64 bits per heavy atom. The molecule has 1 heterocycles. The van der Waals surface area contributed by atoms with E-state index in [1.54, 1.807) is 24.3 Å². The molecule has 0 saturated heterocycles. The summed E-state index contributed by atoms with van der Waals surface area (Å²) >= 11 is 0. The van der Waals surface area contributed by atoms with Crippen LogP contribution in [0.15, 0.2) is 24.3 Å². The Hall–Kier alpha value is -2.54. The molecule has 0 saturated carbocycles. The van der Waals surface area contributed by atoms with E-state index in [4.69, 9.17) is 9.47 Å². The smallest absolute Gasteiger partial charge is 0.338 e. The first kappa shape index (κ1) is 15.8. The van der Waals surface area contributed by atoms with Gasteiger partial charge in [0.15, 0.2) is 12.0 Å². The van der Waals surface area contributed by atoms with Gasteiger partial charge < -0.3 is 9.47 Å². The topological polar surface area (TPSA) is 83.3 Å². The minimum absolute atomic E-state index is 0.210. The second kappa shape index (κ2) is 7.46. The number of benzene rings is 1. The molecule has 0 bridgehead atoms. The summed E-state index contributed by atoms with van der Waals surface area (Å²) in [6.45, 7) is 2.54.